The predicted octanol–water partition coefficient (Wildman–Crippen LogP) is 4.32. The number of nitriles is 1. The molecule has 0 radical (unpaired) electrons. The molecule has 0 bridgehead atoms. The molecule has 0 saturated heterocycles. The fraction of sp³-hybridized carbons (Fsp3) is 0.167. The van der Waals surface area contributed by atoms with E-state index in [-0.39, 0.29) is 0 Å². The molecule has 0 fully saturated rings. The van der Waals surface area contributed by atoms with Gasteiger partial charge in [-0.3, -0.25) is 0 Å². The van der Waals surface area contributed by atoms with Gasteiger partial charge in [0.25, 0.3) is 0 Å². The van der Waals surface area contributed by atoms with Crippen LogP contribution in [0.15, 0.2) is 48.5 Å². The molecule has 0 heterocycles. The van der Waals surface area contributed by atoms with Crippen molar-refractivity contribution in [2.24, 2.45) is 0 Å². The quantitative estimate of drug-likeness (QED) is 0.752. The van der Waals surface area contributed by atoms with E-state index in [9.17, 15) is 0 Å². The first-order valence-electron chi connectivity index (χ1n) is 6.68. The lowest BCUT2D eigenvalue weighted by atomic mass is 10.1. The molecule has 0 aliphatic heterocycles. The molecule has 0 aliphatic rings. The molecule has 0 amide bonds. The van der Waals surface area contributed by atoms with Crippen LogP contribution in [0.5, 0.6) is 5.75 Å². The molecule has 0 saturated carbocycles. The van der Waals surface area contributed by atoms with Crippen molar-refractivity contribution < 1.29 is 4.74 Å². The Morgan fingerprint density at radius 1 is 0.950 bits per heavy atom. The second-order valence-corrected chi connectivity index (χ2v) is 4.41. The normalized spacial score (nSPS) is 10.4. The average Bonchev–Trinajstić information content (AvgIpc) is 2.49. The second kappa shape index (κ2) is 7.16. The SMILES string of the molecule is CCOc1ccc(C=Cc2ccc(CC#N)cc2)cc1. The van der Waals surface area contributed by atoms with E-state index < -0.39 is 0 Å². The molecule has 2 heteroatoms. The van der Waals surface area contributed by atoms with E-state index in [0.717, 1.165) is 22.4 Å². The Labute approximate surface area is 119 Å². The van der Waals surface area contributed by atoms with Crippen molar-refractivity contribution in [1.29, 1.82) is 5.26 Å². The Balaban J connectivity index is 2.03. The Kier molecular flexibility index (Phi) is 4.97. The van der Waals surface area contributed by atoms with Gasteiger partial charge in [-0.05, 0) is 35.7 Å². The fourth-order valence-electron chi connectivity index (χ4n) is 1.87. The van der Waals surface area contributed by atoms with Gasteiger partial charge >= 0.3 is 0 Å². The molecule has 2 nitrogen and oxygen atoms in total. The van der Waals surface area contributed by atoms with Crippen molar-refractivity contribution in [3.8, 4) is 11.8 Å². The van der Waals surface area contributed by atoms with Crippen LogP contribution in [0.2, 0.25) is 0 Å². The van der Waals surface area contributed by atoms with E-state index in [1.165, 1.54) is 0 Å². The monoisotopic (exact) mass is 263 g/mol. The van der Waals surface area contributed by atoms with Crippen LogP contribution in [-0.2, 0) is 6.42 Å². The highest BCUT2D eigenvalue weighted by molar-refractivity contribution is 5.69. The zero-order valence-corrected chi connectivity index (χ0v) is 11.5. The number of hydrogen-bond acceptors (Lipinski definition) is 2. The molecule has 0 aliphatic carbocycles. The summed E-state index contributed by atoms with van der Waals surface area (Å²) in [5.41, 5.74) is 3.31. The molecule has 0 N–H and O–H groups in total. The summed E-state index contributed by atoms with van der Waals surface area (Å²) in [6.07, 6.45) is 4.59. The van der Waals surface area contributed by atoms with Crippen LogP contribution in [0.25, 0.3) is 12.2 Å². The number of benzene rings is 2. The van der Waals surface area contributed by atoms with Crippen LogP contribution in [0.3, 0.4) is 0 Å². The molecule has 2 aromatic rings. The van der Waals surface area contributed by atoms with Crippen molar-refractivity contribution >= 4 is 12.2 Å². The van der Waals surface area contributed by atoms with Crippen molar-refractivity contribution in [1.82, 2.24) is 0 Å². The molecule has 100 valence electrons. The third-order valence-electron chi connectivity index (χ3n) is 2.92. The maximum atomic E-state index is 8.63. The molecule has 0 spiro atoms. The summed E-state index contributed by atoms with van der Waals surface area (Å²) < 4.78 is 5.41. The van der Waals surface area contributed by atoms with E-state index in [4.69, 9.17) is 10.00 Å². The highest BCUT2D eigenvalue weighted by Crippen LogP contribution is 2.15. The Morgan fingerprint density at radius 2 is 1.50 bits per heavy atom. The van der Waals surface area contributed by atoms with E-state index in [0.29, 0.717) is 13.0 Å². The van der Waals surface area contributed by atoms with E-state index in [1.54, 1.807) is 0 Å². The minimum atomic E-state index is 0.461. The van der Waals surface area contributed by atoms with Gasteiger partial charge in [-0.15, -0.1) is 0 Å². The summed E-state index contributed by atoms with van der Waals surface area (Å²) in [6, 6.07) is 18.2. The number of rotatable bonds is 5. The summed E-state index contributed by atoms with van der Waals surface area (Å²) in [5.74, 6) is 0.894. The summed E-state index contributed by atoms with van der Waals surface area (Å²) in [4.78, 5) is 0. The lowest BCUT2D eigenvalue weighted by molar-refractivity contribution is 0.340. The van der Waals surface area contributed by atoms with Crippen LogP contribution in [0, 0.1) is 11.3 Å². The van der Waals surface area contributed by atoms with Gasteiger partial charge in [0.2, 0.25) is 0 Å². The van der Waals surface area contributed by atoms with Gasteiger partial charge < -0.3 is 4.74 Å². The average molecular weight is 263 g/mol. The third kappa shape index (κ3) is 4.00. The molecule has 0 unspecified atom stereocenters. The standard InChI is InChI=1S/C18H17NO/c1-2-20-18-11-9-16(10-12-18)4-3-15-5-7-17(8-6-15)13-14-19/h3-12H,2,13H2,1H3. The van der Waals surface area contributed by atoms with E-state index >= 15 is 0 Å². The highest BCUT2D eigenvalue weighted by Gasteiger charge is 1.93. The maximum absolute atomic E-state index is 8.63. The largest absolute Gasteiger partial charge is 0.494 e. The van der Waals surface area contributed by atoms with Gasteiger partial charge in [0, 0.05) is 0 Å². The topological polar surface area (TPSA) is 33.0 Å². The minimum absolute atomic E-state index is 0.461. The first-order valence-corrected chi connectivity index (χ1v) is 6.68. The maximum Gasteiger partial charge on any atom is 0.119 e. The molecule has 0 atom stereocenters. The van der Waals surface area contributed by atoms with Crippen molar-refractivity contribution in [3.05, 3.63) is 65.2 Å². The summed E-state index contributed by atoms with van der Waals surface area (Å²) >= 11 is 0. The molecular weight excluding hydrogens is 246 g/mol. The lowest BCUT2D eigenvalue weighted by Gasteiger charge is -2.02. The predicted molar refractivity (Wildman–Crippen MR) is 82.3 cm³/mol. The zero-order chi connectivity index (χ0) is 14.2. The Morgan fingerprint density at radius 3 is 2.00 bits per heavy atom. The zero-order valence-electron chi connectivity index (χ0n) is 11.5. The van der Waals surface area contributed by atoms with Crippen LogP contribution < -0.4 is 4.74 Å². The fourth-order valence-corrected chi connectivity index (χ4v) is 1.87. The van der Waals surface area contributed by atoms with E-state index in [1.807, 2.05) is 55.5 Å². The van der Waals surface area contributed by atoms with E-state index in [2.05, 4.69) is 18.2 Å². The molecule has 2 aromatic carbocycles. The van der Waals surface area contributed by atoms with Crippen LogP contribution in [0.4, 0.5) is 0 Å². The van der Waals surface area contributed by atoms with Gasteiger partial charge in [0.15, 0.2) is 0 Å². The molecule has 2 rings (SSSR count). The molecule has 0 aromatic heterocycles. The van der Waals surface area contributed by atoms with Crippen molar-refractivity contribution in [3.63, 3.8) is 0 Å². The smallest absolute Gasteiger partial charge is 0.119 e. The first kappa shape index (κ1) is 13.9. The third-order valence-corrected chi connectivity index (χ3v) is 2.92. The minimum Gasteiger partial charge on any atom is -0.494 e. The first-order chi connectivity index (χ1) is 9.81. The van der Waals surface area contributed by atoms with Crippen molar-refractivity contribution in [2.45, 2.75) is 13.3 Å². The Bertz CT molecular complexity index is 603. The molecule has 20 heavy (non-hydrogen) atoms. The van der Waals surface area contributed by atoms with Gasteiger partial charge in [0.1, 0.15) is 5.75 Å². The number of hydrogen-bond donors (Lipinski definition) is 0. The van der Waals surface area contributed by atoms with Gasteiger partial charge in [0.05, 0.1) is 19.1 Å². The van der Waals surface area contributed by atoms with Gasteiger partial charge in [-0.2, -0.15) is 5.26 Å². The lowest BCUT2D eigenvalue weighted by Crippen LogP contribution is -1.90. The highest BCUT2D eigenvalue weighted by atomic mass is 16.5. The molecular formula is C18H17NO. The second-order valence-electron chi connectivity index (χ2n) is 4.41. The number of nitrogens with zero attached hydrogens (tertiary/aromatic N) is 1. The number of ether oxygens (including phenoxy) is 1. The van der Waals surface area contributed by atoms with Gasteiger partial charge in [-0.25, -0.2) is 0 Å². The summed E-state index contributed by atoms with van der Waals surface area (Å²) in [5, 5.41) is 8.63. The summed E-state index contributed by atoms with van der Waals surface area (Å²) in [6.45, 7) is 2.66. The van der Waals surface area contributed by atoms with Gasteiger partial charge in [-0.1, -0.05) is 48.6 Å². The van der Waals surface area contributed by atoms with Crippen LogP contribution >= 0.6 is 0 Å². The van der Waals surface area contributed by atoms with Crippen LogP contribution in [-0.4, -0.2) is 6.61 Å². The van der Waals surface area contributed by atoms with Crippen LogP contribution in [0.1, 0.15) is 23.6 Å². The summed E-state index contributed by atoms with van der Waals surface area (Å²) in [7, 11) is 0. The van der Waals surface area contributed by atoms with Crippen molar-refractivity contribution in [2.75, 3.05) is 6.61 Å². The Hall–Kier alpha value is -2.53.